The summed E-state index contributed by atoms with van der Waals surface area (Å²) in [6, 6.07) is 4.34. The van der Waals surface area contributed by atoms with Crippen LogP contribution in [-0.2, 0) is 0 Å². The summed E-state index contributed by atoms with van der Waals surface area (Å²) in [4.78, 5) is 13.9. The van der Waals surface area contributed by atoms with Gasteiger partial charge in [-0.1, -0.05) is 6.07 Å². The van der Waals surface area contributed by atoms with Crippen LogP contribution < -0.4 is 0 Å². The molecule has 0 spiro atoms. The van der Waals surface area contributed by atoms with Gasteiger partial charge in [0.15, 0.2) is 11.5 Å². The molecular formula is C14H19NO4. The zero-order chi connectivity index (χ0) is 14.0. The van der Waals surface area contributed by atoms with E-state index in [1.165, 1.54) is 18.2 Å². The quantitative estimate of drug-likeness (QED) is 0.672. The van der Waals surface area contributed by atoms with Crippen molar-refractivity contribution in [3.63, 3.8) is 0 Å². The van der Waals surface area contributed by atoms with Gasteiger partial charge < -0.3 is 20.2 Å². The molecule has 1 aliphatic rings. The Balaban J connectivity index is 2.18. The highest BCUT2D eigenvalue weighted by Gasteiger charge is 2.28. The Morgan fingerprint density at radius 1 is 1.26 bits per heavy atom. The monoisotopic (exact) mass is 265 g/mol. The molecule has 0 bridgehead atoms. The Morgan fingerprint density at radius 2 is 2.00 bits per heavy atom. The van der Waals surface area contributed by atoms with Gasteiger partial charge in [-0.25, -0.2) is 0 Å². The van der Waals surface area contributed by atoms with E-state index in [4.69, 9.17) is 0 Å². The number of hydrogen-bond donors (Lipinski definition) is 3. The topological polar surface area (TPSA) is 81.0 Å². The van der Waals surface area contributed by atoms with Gasteiger partial charge in [-0.3, -0.25) is 4.79 Å². The fourth-order valence-electron chi connectivity index (χ4n) is 2.34. The lowest BCUT2D eigenvalue weighted by atomic mass is 9.98. The van der Waals surface area contributed by atoms with Gasteiger partial charge in [0.05, 0.1) is 11.2 Å². The Kier molecular flexibility index (Phi) is 3.66. The van der Waals surface area contributed by atoms with Crippen molar-refractivity contribution in [2.24, 2.45) is 0 Å². The molecule has 1 aliphatic heterocycles. The minimum Gasteiger partial charge on any atom is -0.504 e. The molecule has 1 heterocycles. The minimum absolute atomic E-state index is 0.0987. The Morgan fingerprint density at radius 3 is 2.74 bits per heavy atom. The molecule has 0 saturated carbocycles. The highest BCUT2D eigenvalue weighted by Crippen LogP contribution is 2.30. The molecule has 104 valence electrons. The van der Waals surface area contributed by atoms with Crippen molar-refractivity contribution < 1.29 is 20.1 Å². The normalized spacial score (nSPS) is 24.0. The van der Waals surface area contributed by atoms with E-state index in [0.717, 1.165) is 6.42 Å². The maximum Gasteiger partial charge on any atom is 0.257 e. The van der Waals surface area contributed by atoms with E-state index in [1.807, 2.05) is 0 Å². The molecule has 0 aromatic heterocycles. The second-order valence-electron chi connectivity index (χ2n) is 5.32. The van der Waals surface area contributed by atoms with Gasteiger partial charge in [-0.05, 0) is 38.3 Å². The second-order valence-corrected chi connectivity index (χ2v) is 5.32. The van der Waals surface area contributed by atoms with Gasteiger partial charge in [0.25, 0.3) is 5.91 Å². The standard InChI is InChI=1S/C14H19NO4/c1-14(19)6-3-8-15(9-7-14)13(18)10-4-2-5-11(16)12(10)17/h2,4-5,16-17,19H,3,6-9H2,1H3. The van der Waals surface area contributed by atoms with E-state index in [0.29, 0.717) is 25.9 Å². The Hall–Kier alpha value is -1.75. The third-order valence-electron chi connectivity index (χ3n) is 3.60. The van der Waals surface area contributed by atoms with E-state index in [1.54, 1.807) is 11.8 Å². The summed E-state index contributed by atoms with van der Waals surface area (Å²) in [7, 11) is 0. The molecule has 0 aliphatic carbocycles. The lowest BCUT2D eigenvalue weighted by molar-refractivity contribution is 0.0437. The van der Waals surface area contributed by atoms with Crippen molar-refractivity contribution in [2.45, 2.75) is 31.8 Å². The number of nitrogens with zero attached hydrogens (tertiary/aromatic N) is 1. The van der Waals surface area contributed by atoms with Gasteiger partial charge in [0.2, 0.25) is 0 Å². The summed E-state index contributed by atoms with van der Waals surface area (Å²) in [6.45, 7) is 2.76. The van der Waals surface area contributed by atoms with Crippen molar-refractivity contribution in [1.82, 2.24) is 4.90 Å². The molecule has 5 heteroatoms. The van der Waals surface area contributed by atoms with Crippen LogP contribution in [0.15, 0.2) is 18.2 Å². The number of aliphatic hydroxyl groups is 1. The van der Waals surface area contributed by atoms with Crippen LogP contribution >= 0.6 is 0 Å². The fraction of sp³-hybridized carbons (Fsp3) is 0.500. The van der Waals surface area contributed by atoms with Crippen LogP contribution in [-0.4, -0.2) is 44.8 Å². The van der Waals surface area contributed by atoms with Gasteiger partial charge >= 0.3 is 0 Å². The maximum atomic E-state index is 12.3. The molecule has 1 unspecified atom stereocenters. The van der Waals surface area contributed by atoms with Crippen LogP contribution in [0.5, 0.6) is 11.5 Å². The maximum absolute atomic E-state index is 12.3. The third-order valence-corrected chi connectivity index (χ3v) is 3.60. The number of phenolic OH excluding ortho intramolecular Hbond substituents is 2. The van der Waals surface area contributed by atoms with E-state index < -0.39 is 5.60 Å². The molecule has 5 nitrogen and oxygen atoms in total. The molecule has 2 rings (SSSR count). The third kappa shape index (κ3) is 2.98. The van der Waals surface area contributed by atoms with Crippen molar-refractivity contribution in [3.05, 3.63) is 23.8 Å². The van der Waals surface area contributed by atoms with Gasteiger partial charge in [0.1, 0.15) is 0 Å². The summed E-state index contributed by atoms with van der Waals surface area (Å²) in [5.41, 5.74) is -0.642. The van der Waals surface area contributed by atoms with Crippen LogP contribution in [0.2, 0.25) is 0 Å². The molecule has 3 N–H and O–H groups in total. The van der Waals surface area contributed by atoms with Gasteiger partial charge in [0, 0.05) is 13.1 Å². The first kappa shape index (κ1) is 13.7. The van der Waals surface area contributed by atoms with Crippen LogP contribution in [0.25, 0.3) is 0 Å². The summed E-state index contributed by atoms with van der Waals surface area (Å²) >= 11 is 0. The molecule has 1 atom stereocenters. The molecule has 1 aromatic carbocycles. The van der Waals surface area contributed by atoms with Crippen molar-refractivity contribution >= 4 is 5.91 Å². The molecule has 0 radical (unpaired) electrons. The number of carbonyl (C=O) groups excluding carboxylic acids is 1. The number of hydrogen-bond acceptors (Lipinski definition) is 4. The smallest absolute Gasteiger partial charge is 0.257 e. The molecule has 19 heavy (non-hydrogen) atoms. The van der Waals surface area contributed by atoms with Crippen LogP contribution in [0, 0.1) is 0 Å². The Bertz CT molecular complexity index is 484. The first-order valence-electron chi connectivity index (χ1n) is 6.43. The highest BCUT2D eigenvalue weighted by molar-refractivity contribution is 5.97. The summed E-state index contributed by atoms with van der Waals surface area (Å²) in [5.74, 6) is -0.998. The number of likely N-dealkylation sites (tertiary alicyclic amines) is 1. The second kappa shape index (κ2) is 5.09. The zero-order valence-electron chi connectivity index (χ0n) is 11.0. The number of rotatable bonds is 1. The highest BCUT2D eigenvalue weighted by atomic mass is 16.3. The number of carbonyl (C=O) groups is 1. The number of para-hydroxylation sites is 1. The first-order chi connectivity index (χ1) is 8.91. The molecule has 1 saturated heterocycles. The van der Waals surface area contributed by atoms with E-state index in [9.17, 15) is 20.1 Å². The van der Waals surface area contributed by atoms with Crippen LogP contribution in [0.1, 0.15) is 36.5 Å². The summed E-state index contributed by atoms with van der Waals surface area (Å²) < 4.78 is 0. The van der Waals surface area contributed by atoms with Gasteiger partial charge in [-0.15, -0.1) is 0 Å². The van der Waals surface area contributed by atoms with Crippen molar-refractivity contribution in [2.75, 3.05) is 13.1 Å². The summed E-state index contributed by atoms with van der Waals surface area (Å²) in [6.07, 6.45) is 1.89. The lowest BCUT2D eigenvalue weighted by Crippen LogP contribution is -2.33. The predicted molar refractivity (Wildman–Crippen MR) is 70.1 cm³/mol. The van der Waals surface area contributed by atoms with Crippen molar-refractivity contribution in [1.29, 1.82) is 0 Å². The summed E-state index contributed by atoms with van der Waals surface area (Å²) in [5, 5.41) is 29.1. The molecule has 1 aromatic rings. The fourth-order valence-corrected chi connectivity index (χ4v) is 2.34. The average Bonchev–Trinajstić information content (AvgIpc) is 2.53. The number of benzene rings is 1. The molecular weight excluding hydrogens is 246 g/mol. The van der Waals surface area contributed by atoms with Crippen LogP contribution in [0.4, 0.5) is 0 Å². The SMILES string of the molecule is CC1(O)CCCN(C(=O)c2cccc(O)c2O)CC1. The van der Waals surface area contributed by atoms with E-state index in [-0.39, 0.29) is 23.0 Å². The molecule has 1 amide bonds. The van der Waals surface area contributed by atoms with Gasteiger partial charge in [-0.2, -0.15) is 0 Å². The Labute approximate surface area is 112 Å². The van der Waals surface area contributed by atoms with E-state index >= 15 is 0 Å². The average molecular weight is 265 g/mol. The minimum atomic E-state index is -0.740. The van der Waals surface area contributed by atoms with Crippen molar-refractivity contribution in [3.8, 4) is 11.5 Å². The number of amides is 1. The number of phenols is 2. The molecule has 1 fully saturated rings. The largest absolute Gasteiger partial charge is 0.504 e. The number of aromatic hydroxyl groups is 2. The van der Waals surface area contributed by atoms with E-state index in [2.05, 4.69) is 0 Å². The van der Waals surface area contributed by atoms with Crippen LogP contribution in [0.3, 0.4) is 0 Å². The predicted octanol–water partition coefficient (Wildman–Crippen LogP) is 1.47. The lowest BCUT2D eigenvalue weighted by Gasteiger charge is -2.23. The first-order valence-corrected chi connectivity index (χ1v) is 6.43. The zero-order valence-corrected chi connectivity index (χ0v) is 11.0.